The molecule has 0 N–H and O–H groups in total. The molecule has 0 fully saturated rings. The molecule has 0 spiro atoms. The molecule has 0 unspecified atom stereocenters. The van der Waals surface area contributed by atoms with Crippen LogP contribution in [0.5, 0.6) is 0 Å². The van der Waals surface area contributed by atoms with E-state index < -0.39 is 0 Å². The smallest absolute Gasteiger partial charge is 0.145 e. The van der Waals surface area contributed by atoms with Gasteiger partial charge in [0.05, 0.1) is 16.6 Å². The first kappa shape index (κ1) is 33.8. The number of rotatable bonds is 5. The monoisotopic (exact) mass is 839 g/mol. The van der Waals surface area contributed by atoms with Crippen LogP contribution >= 0.6 is 0 Å². The van der Waals surface area contributed by atoms with E-state index in [4.69, 9.17) is 9.40 Å². The number of fused-ring (bicyclic) bond motifs is 4. The quantitative estimate of drug-likeness (QED) is 0.162. The Kier molecular flexibility index (Phi) is 9.72. The Morgan fingerprint density at radius 3 is 2.22 bits per heavy atom. The average molecular weight is 839 g/mol. The van der Waals surface area contributed by atoms with E-state index in [-0.39, 0.29) is 20.1 Å². The first-order chi connectivity index (χ1) is 24.5. The van der Waals surface area contributed by atoms with Crippen LogP contribution in [-0.4, -0.2) is 19.5 Å². The van der Waals surface area contributed by atoms with Gasteiger partial charge in [-0.25, -0.2) is 4.98 Å². The Hall–Kier alpha value is -5.68. The van der Waals surface area contributed by atoms with Crippen LogP contribution in [0.1, 0.15) is 30.9 Å². The maximum absolute atomic E-state index is 6.54. The fourth-order valence-corrected chi connectivity index (χ4v) is 6.24. The number of pyridine rings is 2. The van der Waals surface area contributed by atoms with Gasteiger partial charge >= 0.3 is 0 Å². The molecule has 0 aliphatic carbocycles. The van der Waals surface area contributed by atoms with Gasteiger partial charge in [-0.05, 0) is 54.1 Å². The van der Waals surface area contributed by atoms with E-state index in [1.54, 1.807) is 0 Å². The summed E-state index contributed by atoms with van der Waals surface area (Å²) in [5.41, 5.74) is 11.9. The van der Waals surface area contributed by atoms with Gasteiger partial charge in [0.2, 0.25) is 0 Å². The number of furan rings is 1. The predicted octanol–water partition coefficient (Wildman–Crippen LogP) is 11.4. The molecule has 0 atom stereocenters. The van der Waals surface area contributed by atoms with Crippen LogP contribution in [0.3, 0.4) is 0 Å². The number of hydrogen-bond acceptors (Lipinski definition) is 4. The first-order valence-electron chi connectivity index (χ1n) is 16.8. The molecule has 0 aliphatic heterocycles. The van der Waals surface area contributed by atoms with E-state index in [0.29, 0.717) is 5.92 Å². The van der Waals surface area contributed by atoms with E-state index in [1.807, 2.05) is 80.0 Å². The summed E-state index contributed by atoms with van der Waals surface area (Å²) in [6, 6.07) is 51.6. The summed E-state index contributed by atoms with van der Waals surface area (Å²) in [5.74, 6) is 1.32. The van der Waals surface area contributed by atoms with Gasteiger partial charge in [-0.2, -0.15) is 0 Å². The van der Waals surface area contributed by atoms with Gasteiger partial charge in [0.15, 0.2) is 0 Å². The number of hydrogen-bond donors (Lipinski definition) is 0. The number of benzene rings is 5. The largest absolute Gasteiger partial charge is 0.501 e. The summed E-state index contributed by atoms with van der Waals surface area (Å²) in [4.78, 5) is 14.1. The van der Waals surface area contributed by atoms with Crippen molar-refractivity contribution in [2.75, 3.05) is 0 Å². The minimum Gasteiger partial charge on any atom is -0.501 e. The summed E-state index contributed by atoms with van der Waals surface area (Å²) in [6.45, 7) is 6.41. The van der Waals surface area contributed by atoms with Gasteiger partial charge in [-0.1, -0.05) is 97.1 Å². The Bertz CT molecular complexity index is 2560. The van der Waals surface area contributed by atoms with Crippen molar-refractivity contribution in [2.24, 2.45) is 0 Å². The number of imidazole rings is 1. The fraction of sp³-hybridized carbons (Fsp3) is 0.0889. The predicted molar refractivity (Wildman–Crippen MR) is 203 cm³/mol. The van der Waals surface area contributed by atoms with Crippen molar-refractivity contribution >= 4 is 33.0 Å². The average Bonchev–Trinajstić information content (AvgIpc) is 3.73. The SMILES string of the molecule is CC(C)c1ccnc(-c2[c-]ccc3c2oc2cc4c(cc23)nc(-c2ccccc2)n4-c2ccccc2)c1.Cc1ccc(-c2[c-]cccc2)nc1.[Ir]. The number of para-hydroxylation sites is 1. The molecular weight excluding hydrogens is 805 g/mol. The van der Waals surface area contributed by atoms with Crippen molar-refractivity contribution in [3.8, 4) is 39.6 Å². The molecule has 51 heavy (non-hydrogen) atoms. The molecule has 6 heteroatoms. The summed E-state index contributed by atoms with van der Waals surface area (Å²) >= 11 is 0. The molecule has 0 bridgehead atoms. The molecule has 0 saturated carbocycles. The third-order valence-electron chi connectivity index (χ3n) is 8.86. The van der Waals surface area contributed by atoms with E-state index >= 15 is 0 Å². The van der Waals surface area contributed by atoms with Crippen LogP contribution < -0.4 is 0 Å². The Morgan fingerprint density at radius 1 is 0.706 bits per heavy atom. The minimum atomic E-state index is 0. The van der Waals surface area contributed by atoms with Crippen molar-refractivity contribution < 1.29 is 24.5 Å². The van der Waals surface area contributed by atoms with Gasteiger partial charge in [-0.15, -0.1) is 54.1 Å². The first-order valence-corrected chi connectivity index (χ1v) is 16.8. The standard InChI is InChI=1S/C33H24N3O.C12H10N.Ir/c1-21(2)23-16-17-34-28(18-23)26-15-9-14-25-27-19-29-30(20-31(27)37-32(25)26)36(24-12-7-4-8-13-24)33(35-29)22-10-5-3-6-11-22;1-10-7-8-12(13-9-10)11-5-3-2-4-6-11;/h3-14,16-21H,1-2H3;2-5,7-9H,1H3;/q2*-1;. The maximum atomic E-state index is 6.54. The molecule has 0 amide bonds. The van der Waals surface area contributed by atoms with Crippen LogP contribution in [0.15, 0.2) is 150 Å². The zero-order valence-electron chi connectivity index (χ0n) is 28.5. The van der Waals surface area contributed by atoms with Crippen LogP contribution in [-0.2, 0) is 20.1 Å². The number of aromatic nitrogens is 4. The van der Waals surface area contributed by atoms with Gasteiger partial charge < -0.3 is 14.4 Å². The maximum Gasteiger partial charge on any atom is 0.145 e. The van der Waals surface area contributed by atoms with Crippen LogP contribution in [0.4, 0.5) is 0 Å². The molecule has 0 saturated heterocycles. The molecule has 4 heterocycles. The zero-order valence-corrected chi connectivity index (χ0v) is 30.9. The fourth-order valence-electron chi connectivity index (χ4n) is 6.24. The van der Waals surface area contributed by atoms with Crippen LogP contribution in [0, 0.1) is 19.1 Å². The molecular formula is C45H34IrN4O-2. The molecule has 9 rings (SSSR count). The van der Waals surface area contributed by atoms with Crippen molar-refractivity contribution in [2.45, 2.75) is 26.7 Å². The molecule has 1 radical (unpaired) electrons. The Balaban J connectivity index is 0.000000245. The van der Waals surface area contributed by atoms with Crippen molar-refractivity contribution in [1.29, 1.82) is 0 Å². The van der Waals surface area contributed by atoms with Crippen LogP contribution in [0.25, 0.3) is 72.6 Å². The third-order valence-corrected chi connectivity index (χ3v) is 8.86. The number of aryl methyl sites for hydroxylation is 1. The summed E-state index contributed by atoms with van der Waals surface area (Å²) in [6.07, 6.45) is 3.74. The second-order valence-electron chi connectivity index (χ2n) is 12.6. The third kappa shape index (κ3) is 6.76. The Labute approximate surface area is 311 Å². The van der Waals surface area contributed by atoms with Gasteiger partial charge in [-0.3, -0.25) is 4.57 Å². The minimum absolute atomic E-state index is 0. The van der Waals surface area contributed by atoms with Crippen LogP contribution in [0.2, 0.25) is 0 Å². The summed E-state index contributed by atoms with van der Waals surface area (Å²) in [5, 5.41) is 2.08. The van der Waals surface area contributed by atoms with Gasteiger partial charge in [0.1, 0.15) is 11.4 Å². The van der Waals surface area contributed by atoms with Gasteiger partial charge in [0.25, 0.3) is 0 Å². The molecule has 251 valence electrons. The second-order valence-corrected chi connectivity index (χ2v) is 12.6. The summed E-state index contributed by atoms with van der Waals surface area (Å²) < 4.78 is 8.75. The van der Waals surface area contributed by atoms with E-state index in [2.05, 4.69) is 113 Å². The van der Waals surface area contributed by atoms with E-state index in [9.17, 15) is 0 Å². The number of nitrogens with zero attached hydrogens (tertiary/aromatic N) is 4. The molecule has 5 aromatic carbocycles. The second kappa shape index (κ2) is 14.7. The van der Waals surface area contributed by atoms with E-state index in [1.165, 1.54) is 11.1 Å². The van der Waals surface area contributed by atoms with E-state index in [0.717, 1.165) is 72.6 Å². The van der Waals surface area contributed by atoms with Gasteiger partial charge in [0, 0.05) is 55.2 Å². The molecule has 5 nitrogen and oxygen atoms in total. The molecule has 0 aliphatic rings. The molecule has 4 aromatic heterocycles. The zero-order chi connectivity index (χ0) is 34.0. The van der Waals surface area contributed by atoms with Crippen molar-refractivity contribution in [3.63, 3.8) is 0 Å². The van der Waals surface area contributed by atoms with Crippen molar-refractivity contribution in [1.82, 2.24) is 19.5 Å². The normalized spacial score (nSPS) is 11.1. The van der Waals surface area contributed by atoms with Crippen molar-refractivity contribution in [3.05, 3.63) is 169 Å². The molecule has 9 aromatic rings. The topological polar surface area (TPSA) is 56.7 Å². The summed E-state index contributed by atoms with van der Waals surface area (Å²) in [7, 11) is 0. The Morgan fingerprint density at radius 2 is 1.49 bits per heavy atom.